The zero-order chi connectivity index (χ0) is 13.1. The summed E-state index contributed by atoms with van der Waals surface area (Å²) >= 11 is 0. The summed E-state index contributed by atoms with van der Waals surface area (Å²) in [4.78, 5) is 2.22. The van der Waals surface area contributed by atoms with Gasteiger partial charge in [-0.3, -0.25) is 0 Å². The number of nitrogens with two attached hydrogens (primary N) is 1. The second-order valence-corrected chi connectivity index (χ2v) is 5.27. The highest BCUT2D eigenvalue weighted by atomic mass is 19.1. The van der Waals surface area contributed by atoms with Gasteiger partial charge >= 0.3 is 0 Å². The highest BCUT2D eigenvalue weighted by molar-refractivity contribution is 5.46. The Bertz CT molecular complexity index is 344. The van der Waals surface area contributed by atoms with Crippen molar-refractivity contribution in [2.24, 2.45) is 11.1 Å². The van der Waals surface area contributed by atoms with Crippen LogP contribution >= 0.6 is 0 Å². The van der Waals surface area contributed by atoms with Gasteiger partial charge in [-0.25, -0.2) is 4.39 Å². The lowest BCUT2D eigenvalue weighted by Crippen LogP contribution is -2.44. The molecule has 1 unspecified atom stereocenters. The lowest BCUT2D eigenvalue weighted by atomic mass is 9.85. The maximum atomic E-state index is 12.9. The smallest absolute Gasteiger partial charge is 0.123 e. The molecule has 0 radical (unpaired) electrons. The number of hydrogen-bond donors (Lipinski definition) is 1. The van der Waals surface area contributed by atoms with E-state index in [0.717, 1.165) is 18.8 Å². The first-order valence-electron chi connectivity index (χ1n) is 6.13. The van der Waals surface area contributed by atoms with Crippen molar-refractivity contribution < 1.29 is 4.39 Å². The minimum Gasteiger partial charge on any atom is -0.371 e. The molecule has 0 bridgehead atoms. The Morgan fingerprint density at radius 3 is 2.24 bits per heavy atom. The fraction of sp³-hybridized carbons (Fsp3) is 0.571. The molecule has 1 rings (SSSR count). The molecular formula is C14H23FN2. The zero-order valence-electron chi connectivity index (χ0n) is 11.2. The summed E-state index contributed by atoms with van der Waals surface area (Å²) in [6.45, 7) is 10.2. The van der Waals surface area contributed by atoms with Crippen molar-refractivity contribution in [3.05, 3.63) is 30.1 Å². The van der Waals surface area contributed by atoms with Crippen LogP contribution in [0.3, 0.4) is 0 Å². The summed E-state index contributed by atoms with van der Waals surface area (Å²) in [6.07, 6.45) is 0. The molecule has 1 aromatic carbocycles. The number of nitrogens with zero attached hydrogens (tertiary/aromatic N) is 1. The van der Waals surface area contributed by atoms with Crippen molar-refractivity contribution in [2.75, 3.05) is 18.0 Å². The molecule has 96 valence electrons. The van der Waals surface area contributed by atoms with Crippen LogP contribution in [0.15, 0.2) is 24.3 Å². The number of benzene rings is 1. The van der Waals surface area contributed by atoms with Gasteiger partial charge in [-0.15, -0.1) is 0 Å². The van der Waals surface area contributed by atoms with E-state index in [2.05, 4.69) is 25.7 Å². The van der Waals surface area contributed by atoms with Gasteiger partial charge in [0.15, 0.2) is 0 Å². The third kappa shape index (κ3) is 3.70. The fourth-order valence-corrected chi connectivity index (χ4v) is 1.67. The van der Waals surface area contributed by atoms with Crippen LogP contribution in [-0.2, 0) is 0 Å². The summed E-state index contributed by atoms with van der Waals surface area (Å²) in [6, 6.07) is 6.75. The molecular weight excluding hydrogens is 215 g/mol. The van der Waals surface area contributed by atoms with E-state index in [-0.39, 0.29) is 17.3 Å². The van der Waals surface area contributed by atoms with E-state index >= 15 is 0 Å². The van der Waals surface area contributed by atoms with E-state index in [9.17, 15) is 4.39 Å². The summed E-state index contributed by atoms with van der Waals surface area (Å²) < 4.78 is 12.9. The van der Waals surface area contributed by atoms with E-state index in [1.165, 1.54) is 12.1 Å². The van der Waals surface area contributed by atoms with Gasteiger partial charge in [-0.1, -0.05) is 13.8 Å². The molecule has 17 heavy (non-hydrogen) atoms. The standard InChI is InChI=1S/C14H23FN2/c1-5-17(10-14(3,4)11(2)16)13-8-6-12(15)7-9-13/h6-9,11H,5,10,16H2,1-4H3. The molecule has 0 saturated carbocycles. The van der Waals surface area contributed by atoms with Crippen LogP contribution in [0, 0.1) is 11.2 Å². The second kappa shape index (κ2) is 5.50. The SMILES string of the molecule is CCN(CC(C)(C)C(C)N)c1ccc(F)cc1. The molecule has 3 heteroatoms. The Morgan fingerprint density at radius 2 is 1.82 bits per heavy atom. The van der Waals surface area contributed by atoms with Crippen molar-refractivity contribution in [3.8, 4) is 0 Å². The number of hydrogen-bond acceptors (Lipinski definition) is 2. The van der Waals surface area contributed by atoms with Crippen LogP contribution in [0.25, 0.3) is 0 Å². The molecule has 0 heterocycles. The van der Waals surface area contributed by atoms with E-state index < -0.39 is 0 Å². The normalized spacial score (nSPS) is 13.5. The van der Waals surface area contributed by atoms with Gasteiger partial charge in [0.25, 0.3) is 0 Å². The van der Waals surface area contributed by atoms with E-state index in [0.29, 0.717) is 0 Å². The van der Waals surface area contributed by atoms with Gasteiger partial charge < -0.3 is 10.6 Å². The number of rotatable bonds is 5. The number of anilines is 1. The minimum absolute atomic E-state index is 0.0321. The predicted octanol–water partition coefficient (Wildman–Crippen LogP) is 3.03. The quantitative estimate of drug-likeness (QED) is 0.854. The molecule has 0 aliphatic carbocycles. The topological polar surface area (TPSA) is 29.3 Å². The van der Waals surface area contributed by atoms with E-state index in [1.807, 2.05) is 19.1 Å². The predicted molar refractivity (Wildman–Crippen MR) is 71.7 cm³/mol. The van der Waals surface area contributed by atoms with Gasteiger partial charge in [-0.05, 0) is 43.5 Å². The lowest BCUT2D eigenvalue weighted by molar-refractivity contribution is 0.305. The van der Waals surface area contributed by atoms with Gasteiger partial charge in [0.1, 0.15) is 5.82 Å². The summed E-state index contributed by atoms with van der Waals surface area (Å²) in [7, 11) is 0. The maximum Gasteiger partial charge on any atom is 0.123 e. The molecule has 0 spiro atoms. The highest BCUT2D eigenvalue weighted by Gasteiger charge is 2.25. The fourth-order valence-electron chi connectivity index (χ4n) is 1.67. The van der Waals surface area contributed by atoms with E-state index in [1.54, 1.807) is 0 Å². The Morgan fingerprint density at radius 1 is 1.29 bits per heavy atom. The Hall–Kier alpha value is -1.09. The molecule has 2 nitrogen and oxygen atoms in total. The third-order valence-corrected chi connectivity index (χ3v) is 3.40. The van der Waals surface area contributed by atoms with Crippen molar-refractivity contribution in [1.29, 1.82) is 0 Å². The summed E-state index contributed by atoms with van der Waals surface area (Å²) in [5.41, 5.74) is 7.06. The van der Waals surface area contributed by atoms with Gasteiger partial charge in [-0.2, -0.15) is 0 Å². The average Bonchev–Trinajstić information content (AvgIpc) is 2.27. The van der Waals surface area contributed by atoms with Gasteiger partial charge in [0, 0.05) is 24.8 Å². The molecule has 0 aromatic heterocycles. The Balaban J connectivity index is 2.82. The van der Waals surface area contributed by atoms with Crippen LogP contribution < -0.4 is 10.6 Å². The molecule has 0 aliphatic rings. The highest BCUT2D eigenvalue weighted by Crippen LogP contribution is 2.24. The summed E-state index contributed by atoms with van der Waals surface area (Å²) in [5, 5.41) is 0. The Kier molecular flexibility index (Phi) is 4.52. The van der Waals surface area contributed by atoms with E-state index in [4.69, 9.17) is 5.73 Å². The van der Waals surface area contributed by atoms with Crippen LogP contribution in [0.4, 0.5) is 10.1 Å². The molecule has 0 amide bonds. The van der Waals surface area contributed by atoms with Crippen LogP contribution in [-0.4, -0.2) is 19.1 Å². The van der Waals surface area contributed by atoms with Crippen molar-refractivity contribution in [3.63, 3.8) is 0 Å². The molecule has 1 atom stereocenters. The average molecular weight is 238 g/mol. The molecule has 0 aliphatic heterocycles. The largest absolute Gasteiger partial charge is 0.371 e. The van der Waals surface area contributed by atoms with Gasteiger partial charge in [0.2, 0.25) is 0 Å². The van der Waals surface area contributed by atoms with Crippen molar-refractivity contribution in [1.82, 2.24) is 0 Å². The zero-order valence-corrected chi connectivity index (χ0v) is 11.2. The maximum absolute atomic E-state index is 12.9. The molecule has 0 saturated heterocycles. The van der Waals surface area contributed by atoms with Crippen molar-refractivity contribution in [2.45, 2.75) is 33.7 Å². The summed E-state index contributed by atoms with van der Waals surface area (Å²) in [5.74, 6) is -0.198. The van der Waals surface area contributed by atoms with Crippen LogP contribution in [0.2, 0.25) is 0 Å². The first-order valence-corrected chi connectivity index (χ1v) is 6.13. The Labute approximate surface area is 104 Å². The molecule has 1 aromatic rings. The molecule has 2 N–H and O–H groups in total. The van der Waals surface area contributed by atoms with Crippen molar-refractivity contribution >= 4 is 5.69 Å². The second-order valence-electron chi connectivity index (χ2n) is 5.27. The monoisotopic (exact) mass is 238 g/mol. The third-order valence-electron chi connectivity index (χ3n) is 3.40. The first kappa shape index (κ1) is 14.0. The lowest BCUT2D eigenvalue weighted by Gasteiger charge is -2.36. The number of halogens is 1. The first-order chi connectivity index (χ1) is 7.86. The molecule has 0 fully saturated rings. The van der Waals surface area contributed by atoms with Gasteiger partial charge in [0.05, 0.1) is 0 Å². The van der Waals surface area contributed by atoms with Crippen LogP contribution in [0.1, 0.15) is 27.7 Å². The van der Waals surface area contributed by atoms with Crippen LogP contribution in [0.5, 0.6) is 0 Å². The minimum atomic E-state index is -0.198.